The van der Waals surface area contributed by atoms with E-state index < -0.39 is 118 Å². The second-order valence-corrected chi connectivity index (χ2v) is 32.4. The maximum absolute atomic E-state index is 12.2. The molecule has 0 unspecified atom stereocenters. The molecule has 650 valence electrons. The number of phenolic OH excluding ortho intramolecular Hbond substituents is 1. The topological polar surface area (TPSA) is 449 Å². The van der Waals surface area contributed by atoms with Gasteiger partial charge in [-0.15, -0.1) is 17.0 Å². The van der Waals surface area contributed by atoms with Crippen LogP contribution in [-0.2, 0) is 57.3 Å². The third-order valence-electron chi connectivity index (χ3n) is 16.9. The number of nitrogens with zero attached hydrogens (tertiary/aromatic N) is 2. The number of phenols is 1. The van der Waals surface area contributed by atoms with Crippen LogP contribution in [0, 0.1) is 46.9 Å². The van der Waals surface area contributed by atoms with Gasteiger partial charge < -0.3 is 87.5 Å². The molecule has 0 bridgehead atoms. The van der Waals surface area contributed by atoms with Crippen LogP contribution in [0.1, 0.15) is 263 Å². The maximum Gasteiger partial charge on any atom is 1.00 e. The molecule has 4 saturated carbocycles. The summed E-state index contributed by atoms with van der Waals surface area (Å²) in [6, 6.07) is -2.82. The molecule has 12 N–H and O–H groups in total. The number of aromatic hydroxyl groups is 1. The molecule has 0 aromatic heterocycles. The van der Waals surface area contributed by atoms with Crippen molar-refractivity contribution in [1.29, 1.82) is 0 Å². The number of halogens is 8. The van der Waals surface area contributed by atoms with Crippen molar-refractivity contribution in [3.05, 3.63) is 34.9 Å². The van der Waals surface area contributed by atoms with Gasteiger partial charge in [-0.2, -0.15) is 13.6 Å². The molecule has 1 aromatic carbocycles. The van der Waals surface area contributed by atoms with Crippen molar-refractivity contribution < 1.29 is 170 Å². The SMILES string of the molecule is Br.CC(C)(C)OC(=O)NCCCC[C@H](N)C(=O)O.CC(C)(C)OC(=O)NCCCC[C@H](NC(=O)C1CCCC1)C(=O)C=[N+]=[N-].CC(C)(C)OC(=O)NCCCC[C@H](NC(=O)C1CCCC1)C(=O)CBr.CC(C)(C)OC(=O)NCCCC[C@H](NC(=O)C1CCCC1)C(=O)O.O=C(Cl)C1CCCC1.Oc1c(F)c(F)cc(F)c1F.[F-].[K+]. The van der Waals surface area contributed by atoms with Crippen LogP contribution < -0.4 is 99.0 Å². The Bertz CT molecular complexity index is 3120. The predicted octanol–water partition coefficient (Wildman–Crippen LogP) is 7.56. The molecule has 29 nitrogen and oxygen atoms in total. The van der Waals surface area contributed by atoms with E-state index in [9.17, 15) is 80.2 Å². The molecule has 1 aromatic rings. The number of ketones is 2. The summed E-state index contributed by atoms with van der Waals surface area (Å²) in [5.74, 6) is -11.0. The zero-order valence-electron chi connectivity index (χ0n) is 68.5. The van der Waals surface area contributed by atoms with Gasteiger partial charge in [-0.05, 0) is 223 Å². The number of rotatable bonds is 33. The summed E-state index contributed by atoms with van der Waals surface area (Å²) in [6.45, 7) is 23.3. The molecule has 7 amide bonds. The number of carboxylic acid groups (broad SMARTS) is 2. The molecular weight excluding hydrogens is 1690 g/mol. The summed E-state index contributed by atoms with van der Waals surface area (Å²) in [7, 11) is 0. The van der Waals surface area contributed by atoms with Gasteiger partial charge in [0.1, 0.15) is 34.5 Å². The number of Topliss-reactive ketones (excluding diaryl/α,β-unsaturated/α-hetero) is 2. The number of ether oxygens (including phenoxy) is 4. The Kier molecular flexibility index (Phi) is 62.0. The molecular formula is C76H125Br2ClF5KN10O19. The summed E-state index contributed by atoms with van der Waals surface area (Å²) < 4.78 is 68.9. The second-order valence-electron chi connectivity index (χ2n) is 31.5. The van der Waals surface area contributed by atoms with Crippen LogP contribution in [0.5, 0.6) is 5.75 Å². The van der Waals surface area contributed by atoms with Gasteiger partial charge in [0.2, 0.25) is 34.6 Å². The van der Waals surface area contributed by atoms with Gasteiger partial charge in [-0.1, -0.05) is 67.3 Å². The van der Waals surface area contributed by atoms with E-state index in [-0.39, 0.29) is 137 Å². The minimum Gasteiger partial charge on any atom is -1.00 e. The first-order valence-corrected chi connectivity index (χ1v) is 39.7. The van der Waals surface area contributed by atoms with E-state index in [4.69, 9.17) is 52.0 Å². The third kappa shape index (κ3) is 57.4. The number of nitrogens with one attached hydrogen (secondary N) is 7. The molecule has 0 heterocycles. The van der Waals surface area contributed by atoms with Gasteiger partial charge in [-0.3, -0.25) is 33.6 Å². The third-order valence-corrected chi connectivity index (χ3v) is 17.8. The van der Waals surface area contributed by atoms with Crippen LogP contribution in [0.3, 0.4) is 0 Å². The van der Waals surface area contributed by atoms with Crippen molar-refractivity contribution in [1.82, 2.24) is 37.2 Å². The fraction of sp³-hybridized carbons (Fsp3) is 0.750. The number of carboxylic acids is 2. The zero-order chi connectivity index (χ0) is 84.7. The zero-order valence-corrected chi connectivity index (χ0v) is 75.7. The fourth-order valence-corrected chi connectivity index (χ4v) is 11.9. The fourth-order valence-electron chi connectivity index (χ4n) is 11.3. The number of carbonyl (C=O) groups is 12. The number of benzene rings is 1. The second kappa shape index (κ2) is 61.6. The van der Waals surface area contributed by atoms with Crippen LogP contribution in [0.15, 0.2) is 6.07 Å². The van der Waals surface area contributed by atoms with Gasteiger partial charge in [0.05, 0.1) is 17.4 Å². The molecule has 0 aliphatic heterocycles. The molecule has 4 aliphatic rings. The van der Waals surface area contributed by atoms with Gasteiger partial charge in [0, 0.05) is 55.9 Å². The summed E-state index contributed by atoms with van der Waals surface area (Å²) in [4.78, 5) is 141. The summed E-state index contributed by atoms with van der Waals surface area (Å²) in [5, 5.41) is 45.1. The predicted molar refractivity (Wildman–Crippen MR) is 422 cm³/mol. The first-order valence-electron chi connectivity index (χ1n) is 38.2. The van der Waals surface area contributed by atoms with Gasteiger partial charge >= 0.3 is 93.9 Å². The van der Waals surface area contributed by atoms with Gasteiger partial charge in [0.25, 0.3) is 5.78 Å². The Morgan fingerprint density at radius 1 is 0.500 bits per heavy atom. The van der Waals surface area contributed by atoms with Crippen LogP contribution in [0.4, 0.5) is 36.7 Å². The Morgan fingerprint density at radius 2 is 0.772 bits per heavy atom. The summed E-state index contributed by atoms with van der Waals surface area (Å²) in [5.41, 5.74) is 11.8. The molecule has 4 atom stereocenters. The monoisotopic (exact) mass is 1810 g/mol. The first kappa shape index (κ1) is 115. The number of alkyl halides is 1. The Balaban J connectivity index is -0.000000655. The number of aliphatic carboxylic acids is 2. The molecule has 5 rings (SSSR count). The number of unbranched alkanes of at least 4 members (excludes halogenated alkanes) is 4. The van der Waals surface area contributed by atoms with E-state index in [1.54, 1.807) is 62.3 Å². The standard InChI is InChI=1S/C18H31BrN2O4.C18H30N4O4.C17H30N2O5.C11H22N2O4.C6H9ClO.C6H2F4O.BrH.FH.K/c1-18(2,3)25-17(24)20-11-7-6-10-14(15(22)12-19)21-16(23)13-8-4-5-9-13;1-18(2,3)26-17(25)20-11-7-6-10-14(15(23)12-21-19)22-16(24)13-8-4-5-9-13;1-17(2,3)24-16(23)18-11-7-6-10-13(15(21)22)19-14(20)12-8-4-5-9-12;1-11(2,3)17-10(16)13-7-5-4-6-8(12)9(14)15;7-6(8)5-3-1-2-4-5;7-2-1-3(8)5(10)6(11)4(2)9;;;/h13-14H,4-12H2,1-3H3,(H,20,24)(H,21,23);12-14H,4-11H2,1-3H3,(H,20,25)(H,22,24);12-13H,4-11H2,1-3H3,(H,18,23)(H,19,20)(H,21,22);8H,4-7,12H2,1-3H3,(H,13,16)(H,14,15);5H,1-4H2;1,11H;2*1H;/q;;;;;;;;+1/p-1/t2*14-;13-;8-;;;;;/m0000...../s1. The van der Waals surface area contributed by atoms with Crippen molar-refractivity contribution in [2.45, 2.75) is 309 Å². The number of carbonyl (C=O) groups excluding carboxylic acids is 10. The summed E-state index contributed by atoms with van der Waals surface area (Å²) >= 11 is 8.43. The van der Waals surface area contributed by atoms with Crippen molar-refractivity contribution in [3.63, 3.8) is 0 Å². The normalized spacial score (nSPS) is 15.0. The number of hydrogen-bond acceptors (Lipinski definition) is 18. The Labute approximate surface area is 734 Å². The number of alkyl carbamates (subject to hydrolysis) is 4. The molecule has 0 saturated heterocycles. The molecule has 38 heteroatoms. The van der Waals surface area contributed by atoms with Crippen molar-refractivity contribution in [3.8, 4) is 5.75 Å². The molecule has 0 radical (unpaired) electrons. The van der Waals surface area contributed by atoms with E-state index in [0.717, 1.165) is 109 Å². The first-order chi connectivity index (χ1) is 51.7. The van der Waals surface area contributed by atoms with Gasteiger partial charge in [0.15, 0.2) is 23.2 Å². The van der Waals surface area contributed by atoms with Crippen molar-refractivity contribution in [2.75, 3.05) is 31.5 Å². The minimum atomic E-state index is -1.79. The number of nitrogens with two attached hydrogens (primary N) is 1. The Morgan fingerprint density at radius 3 is 1.04 bits per heavy atom. The smallest absolute Gasteiger partial charge is 1.00 e. The Hall–Kier alpha value is -5.66. The average molecular weight is 1810 g/mol. The number of amides is 7. The molecule has 114 heavy (non-hydrogen) atoms. The van der Waals surface area contributed by atoms with Crippen molar-refractivity contribution in [2.24, 2.45) is 29.4 Å². The van der Waals surface area contributed by atoms with Crippen molar-refractivity contribution >= 4 is 122 Å². The van der Waals surface area contributed by atoms with Gasteiger partial charge in [-0.25, -0.2) is 32.8 Å². The quantitative estimate of drug-likeness (QED) is 0.00309. The van der Waals surface area contributed by atoms with Crippen LogP contribution in [0.2, 0.25) is 0 Å². The van der Waals surface area contributed by atoms with E-state index in [0.29, 0.717) is 90.4 Å². The summed E-state index contributed by atoms with van der Waals surface area (Å²) in [6.07, 6.45) is 21.9. The van der Waals surface area contributed by atoms with E-state index in [2.05, 4.69) is 57.9 Å². The van der Waals surface area contributed by atoms with E-state index in [1.807, 2.05) is 20.8 Å². The maximum atomic E-state index is 12.2. The van der Waals surface area contributed by atoms with Crippen LogP contribution in [0.25, 0.3) is 5.53 Å². The average Bonchev–Trinajstić information content (AvgIpc) is 1.02. The molecule has 0 spiro atoms. The van der Waals surface area contributed by atoms with E-state index >= 15 is 0 Å². The molecule has 4 aliphatic carbocycles. The van der Waals surface area contributed by atoms with E-state index in [1.165, 1.54) is 12.8 Å². The van der Waals surface area contributed by atoms with Crippen LogP contribution >= 0.6 is 44.5 Å². The minimum absolute atomic E-state index is 0. The number of hydrogen-bond donors (Lipinski definition) is 11. The molecule has 4 fully saturated rings. The largest absolute Gasteiger partial charge is 1.00 e. The van der Waals surface area contributed by atoms with Crippen LogP contribution in [-0.4, -0.2) is 175 Å².